The van der Waals surface area contributed by atoms with Crippen LogP contribution in [0.5, 0.6) is 5.06 Å². The second-order valence-electron chi connectivity index (χ2n) is 2.77. The Bertz CT molecular complexity index is 490. The van der Waals surface area contributed by atoms with Crippen molar-refractivity contribution in [3.8, 4) is 5.06 Å². The normalized spacial score (nSPS) is 10.4. The van der Waals surface area contributed by atoms with Gasteiger partial charge in [-0.15, -0.1) is 0 Å². The number of carbonyl (C=O) groups is 1. The fourth-order valence-corrected chi connectivity index (χ4v) is 2.79. The molecule has 0 N–H and O–H groups in total. The summed E-state index contributed by atoms with van der Waals surface area (Å²) in [4.78, 5) is 10.9. The Morgan fingerprint density at radius 2 is 2.29 bits per heavy atom. The highest BCUT2D eigenvalue weighted by molar-refractivity contribution is 14.1. The van der Waals surface area contributed by atoms with Crippen molar-refractivity contribution in [1.82, 2.24) is 0 Å². The first-order chi connectivity index (χ1) is 6.76. The smallest absolute Gasteiger partial charge is 0.185 e. The van der Waals surface area contributed by atoms with Crippen LogP contribution in [0.25, 0.3) is 10.1 Å². The van der Waals surface area contributed by atoms with E-state index in [1.54, 1.807) is 7.11 Å². The number of hydrogen-bond donors (Lipinski definition) is 0. The number of halogens is 1. The lowest BCUT2D eigenvalue weighted by molar-refractivity contribution is 0.112. The first kappa shape index (κ1) is 9.92. The SMILES string of the molecule is COc1sc2ccc(I)cc2c1C=O. The number of benzene rings is 1. The zero-order valence-electron chi connectivity index (χ0n) is 7.41. The summed E-state index contributed by atoms with van der Waals surface area (Å²) in [5.41, 5.74) is 0.658. The third-order valence-electron chi connectivity index (χ3n) is 1.96. The number of carbonyl (C=O) groups excluding carboxylic acids is 1. The van der Waals surface area contributed by atoms with Crippen molar-refractivity contribution in [2.45, 2.75) is 0 Å². The highest BCUT2D eigenvalue weighted by Crippen LogP contribution is 2.36. The summed E-state index contributed by atoms with van der Waals surface area (Å²) in [7, 11) is 1.59. The van der Waals surface area contributed by atoms with Crippen LogP contribution in [0.2, 0.25) is 0 Å². The van der Waals surface area contributed by atoms with Crippen LogP contribution >= 0.6 is 33.9 Å². The van der Waals surface area contributed by atoms with Gasteiger partial charge < -0.3 is 4.74 Å². The Balaban J connectivity index is 2.81. The summed E-state index contributed by atoms with van der Waals surface area (Å²) in [6.45, 7) is 0. The quantitative estimate of drug-likeness (QED) is 0.627. The van der Waals surface area contributed by atoms with E-state index in [0.29, 0.717) is 10.6 Å². The Morgan fingerprint density at radius 3 is 2.93 bits per heavy atom. The molecule has 0 spiro atoms. The van der Waals surface area contributed by atoms with Crippen LogP contribution in [0.1, 0.15) is 10.4 Å². The molecule has 0 aliphatic heterocycles. The largest absolute Gasteiger partial charge is 0.487 e. The molecule has 1 heterocycles. The van der Waals surface area contributed by atoms with E-state index in [2.05, 4.69) is 22.6 Å². The average Bonchev–Trinajstić information content (AvgIpc) is 2.54. The molecule has 0 bridgehead atoms. The monoisotopic (exact) mass is 318 g/mol. The molecule has 72 valence electrons. The fourth-order valence-electron chi connectivity index (χ4n) is 1.33. The van der Waals surface area contributed by atoms with Gasteiger partial charge in [-0.05, 0) is 40.8 Å². The van der Waals surface area contributed by atoms with Gasteiger partial charge in [0.2, 0.25) is 0 Å². The van der Waals surface area contributed by atoms with Crippen molar-refractivity contribution in [1.29, 1.82) is 0 Å². The lowest BCUT2D eigenvalue weighted by Crippen LogP contribution is -1.84. The minimum Gasteiger partial charge on any atom is -0.487 e. The van der Waals surface area contributed by atoms with E-state index in [1.165, 1.54) is 11.3 Å². The molecule has 0 aliphatic rings. The number of methoxy groups -OCH3 is 1. The predicted octanol–water partition coefficient (Wildman–Crippen LogP) is 3.33. The molecule has 0 amide bonds. The Morgan fingerprint density at radius 1 is 1.50 bits per heavy atom. The second-order valence-corrected chi connectivity index (χ2v) is 5.03. The number of aldehydes is 1. The summed E-state index contributed by atoms with van der Waals surface area (Å²) < 4.78 is 7.36. The van der Waals surface area contributed by atoms with Crippen molar-refractivity contribution in [3.63, 3.8) is 0 Å². The predicted molar refractivity (Wildman–Crippen MR) is 66.5 cm³/mol. The van der Waals surface area contributed by atoms with Gasteiger partial charge in [-0.3, -0.25) is 4.79 Å². The third-order valence-corrected chi connectivity index (χ3v) is 3.78. The van der Waals surface area contributed by atoms with E-state index in [1.807, 2.05) is 18.2 Å². The third kappa shape index (κ3) is 1.52. The van der Waals surface area contributed by atoms with Crippen molar-refractivity contribution < 1.29 is 9.53 Å². The standard InChI is InChI=1S/C10H7IO2S/c1-13-10-8(5-12)7-4-6(11)2-3-9(7)14-10/h2-5H,1H3. The molecule has 2 aromatic rings. The van der Waals surface area contributed by atoms with Crippen molar-refractivity contribution in [2.75, 3.05) is 7.11 Å². The zero-order valence-corrected chi connectivity index (χ0v) is 10.4. The molecule has 2 rings (SSSR count). The molecule has 0 unspecified atom stereocenters. The second kappa shape index (κ2) is 3.86. The molecule has 0 saturated heterocycles. The fraction of sp³-hybridized carbons (Fsp3) is 0.100. The molecule has 1 aromatic carbocycles. The highest BCUT2D eigenvalue weighted by atomic mass is 127. The van der Waals surface area contributed by atoms with Crippen LogP contribution in [-0.4, -0.2) is 13.4 Å². The van der Waals surface area contributed by atoms with Crippen molar-refractivity contribution in [3.05, 3.63) is 27.3 Å². The van der Waals surface area contributed by atoms with Crippen molar-refractivity contribution in [2.24, 2.45) is 0 Å². The van der Waals surface area contributed by atoms with Gasteiger partial charge in [-0.2, -0.15) is 0 Å². The molecular formula is C10H7IO2S. The van der Waals surface area contributed by atoms with Gasteiger partial charge in [0.15, 0.2) is 11.3 Å². The summed E-state index contributed by atoms with van der Waals surface area (Å²) in [6.07, 6.45) is 0.855. The van der Waals surface area contributed by atoms with E-state index < -0.39 is 0 Å². The molecule has 0 aliphatic carbocycles. The molecule has 0 radical (unpaired) electrons. The minimum atomic E-state index is 0.658. The first-order valence-electron chi connectivity index (χ1n) is 3.97. The Hall–Kier alpha value is -0.620. The van der Waals surface area contributed by atoms with E-state index >= 15 is 0 Å². The molecule has 4 heteroatoms. The molecule has 1 aromatic heterocycles. The molecule has 14 heavy (non-hydrogen) atoms. The minimum absolute atomic E-state index is 0.658. The lowest BCUT2D eigenvalue weighted by atomic mass is 10.2. The molecule has 0 saturated carbocycles. The van der Waals surface area contributed by atoms with E-state index in [9.17, 15) is 4.79 Å². The molecule has 0 atom stereocenters. The average molecular weight is 318 g/mol. The van der Waals surface area contributed by atoms with Gasteiger partial charge >= 0.3 is 0 Å². The van der Waals surface area contributed by atoms with Gasteiger partial charge in [0.05, 0.1) is 12.7 Å². The summed E-state index contributed by atoms with van der Waals surface area (Å²) >= 11 is 3.73. The van der Waals surface area contributed by atoms with Gasteiger partial charge in [-0.1, -0.05) is 11.3 Å². The van der Waals surface area contributed by atoms with Crippen LogP contribution in [-0.2, 0) is 0 Å². The summed E-state index contributed by atoms with van der Waals surface area (Å²) in [6, 6.07) is 6.03. The van der Waals surface area contributed by atoms with Crippen LogP contribution in [0.15, 0.2) is 18.2 Å². The number of hydrogen-bond acceptors (Lipinski definition) is 3. The van der Waals surface area contributed by atoms with E-state index in [-0.39, 0.29) is 0 Å². The molecule has 2 nitrogen and oxygen atoms in total. The maximum absolute atomic E-state index is 10.9. The van der Waals surface area contributed by atoms with Gasteiger partial charge in [0.1, 0.15) is 0 Å². The van der Waals surface area contributed by atoms with Crippen LogP contribution in [0.3, 0.4) is 0 Å². The maximum Gasteiger partial charge on any atom is 0.185 e. The number of ether oxygens (including phenoxy) is 1. The van der Waals surface area contributed by atoms with Crippen LogP contribution in [0, 0.1) is 3.57 Å². The Kier molecular flexibility index (Phi) is 2.73. The summed E-state index contributed by atoms with van der Waals surface area (Å²) in [5, 5.41) is 1.67. The number of fused-ring (bicyclic) bond motifs is 1. The van der Waals surface area contributed by atoms with Gasteiger partial charge in [0.25, 0.3) is 0 Å². The summed E-state index contributed by atoms with van der Waals surface area (Å²) in [5.74, 6) is 0. The molecule has 0 fully saturated rings. The van der Waals surface area contributed by atoms with Crippen LogP contribution < -0.4 is 4.74 Å². The van der Waals surface area contributed by atoms with Crippen LogP contribution in [0.4, 0.5) is 0 Å². The topological polar surface area (TPSA) is 26.3 Å². The first-order valence-corrected chi connectivity index (χ1v) is 5.87. The Labute approximate surface area is 99.0 Å². The number of rotatable bonds is 2. The maximum atomic E-state index is 10.9. The van der Waals surface area contributed by atoms with E-state index in [0.717, 1.165) is 19.9 Å². The zero-order chi connectivity index (χ0) is 10.1. The number of thiophene rings is 1. The molecular weight excluding hydrogens is 311 g/mol. The lowest BCUT2D eigenvalue weighted by Gasteiger charge is -1.94. The van der Waals surface area contributed by atoms with Gasteiger partial charge in [-0.25, -0.2) is 0 Å². The van der Waals surface area contributed by atoms with Crippen molar-refractivity contribution >= 4 is 50.3 Å². The van der Waals surface area contributed by atoms with Gasteiger partial charge in [0, 0.05) is 13.7 Å². The van der Waals surface area contributed by atoms with E-state index in [4.69, 9.17) is 4.74 Å². The highest BCUT2D eigenvalue weighted by Gasteiger charge is 2.11.